The van der Waals surface area contributed by atoms with Gasteiger partial charge in [0.1, 0.15) is 12.4 Å². The minimum atomic E-state index is -0.182. The molecule has 0 radical (unpaired) electrons. The lowest BCUT2D eigenvalue weighted by Crippen LogP contribution is -2.42. The van der Waals surface area contributed by atoms with Gasteiger partial charge in [-0.2, -0.15) is 5.10 Å². The van der Waals surface area contributed by atoms with Gasteiger partial charge in [-0.15, -0.1) is 0 Å². The first-order valence-corrected chi connectivity index (χ1v) is 10.2. The van der Waals surface area contributed by atoms with Gasteiger partial charge >= 0.3 is 5.69 Å². The van der Waals surface area contributed by atoms with Crippen LogP contribution in [0, 0.1) is 0 Å². The standard InChI is InChI=1S/C19H31N5O3/c1-21(2)17(25)14-24-18(26)23-11-10-22(13-16(23)20-24)12-15-6-9-19(27-15)7-4-3-5-8-19/h15H,3-14H2,1-2H3. The van der Waals surface area contributed by atoms with Crippen LogP contribution in [0.5, 0.6) is 0 Å². The Balaban J connectivity index is 1.37. The number of hydrogen-bond acceptors (Lipinski definition) is 5. The van der Waals surface area contributed by atoms with Crippen LogP contribution in [0.25, 0.3) is 0 Å². The summed E-state index contributed by atoms with van der Waals surface area (Å²) >= 11 is 0. The van der Waals surface area contributed by atoms with E-state index < -0.39 is 0 Å². The fourth-order valence-corrected chi connectivity index (χ4v) is 4.75. The van der Waals surface area contributed by atoms with Crippen molar-refractivity contribution < 1.29 is 9.53 Å². The van der Waals surface area contributed by atoms with Gasteiger partial charge in [-0.3, -0.25) is 14.3 Å². The maximum Gasteiger partial charge on any atom is 0.346 e. The van der Waals surface area contributed by atoms with Crippen molar-refractivity contribution in [3.63, 3.8) is 0 Å². The average Bonchev–Trinajstić information content (AvgIpc) is 3.16. The molecule has 8 heteroatoms. The van der Waals surface area contributed by atoms with E-state index in [0.29, 0.717) is 19.2 Å². The molecular formula is C19H31N5O3. The number of hydrogen-bond donors (Lipinski definition) is 0. The maximum absolute atomic E-state index is 12.5. The molecule has 0 bridgehead atoms. The van der Waals surface area contributed by atoms with E-state index >= 15 is 0 Å². The zero-order valence-electron chi connectivity index (χ0n) is 16.5. The third-order valence-corrected chi connectivity index (χ3v) is 6.35. The van der Waals surface area contributed by atoms with Gasteiger partial charge in [0, 0.05) is 33.7 Å². The Morgan fingerprint density at radius 1 is 1.22 bits per heavy atom. The van der Waals surface area contributed by atoms with Gasteiger partial charge < -0.3 is 9.64 Å². The Labute approximate surface area is 160 Å². The SMILES string of the molecule is CN(C)C(=O)Cn1nc2n(c1=O)CCN(CC1CCC3(CCCCC3)O1)C2. The lowest BCUT2D eigenvalue weighted by atomic mass is 9.83. The highest BCUT2D eigenvalue weighted by Gasteiger charge is 2.41. The minimum absolute atomic E-state index is 0.0000887. The number of amides is 1. The summed E-state index contributed by atoms with van der Waals surface area (Å²) in [5, 5.41) is 4.42. The molecule has 150 valence electrons. The van der Waals surface area contributed by atoms with E-state index in [-0.39, 0.29) is 23.7 Å². The van der Waals surface area contributed by atoms with Crippen molar-refractivity contribution in [1.82, 2.24) is 24.1 Å². The number of carbonyl (C=O) groups excluding carboxylic acids is 1. The molecule has 1 saturated heterocycles. The van der Waals surface area contributed by atoms with Crippen LogP contribution in [0.2, 0.25) is 0 Å². The first-order chi connectivity index (χ1) is 13.0. The molecule has 1 amide bonds. The molecule has 1 aliphatic carbocycles. The second-order valence-electron chi connectivity index (χ2n) is 8.55. The molecule has 1 atom stereocenters. The van der Waals surface area contributed by atoms with E-state index in [1.54, 1.807) is 18.7 Å². The number of likely N-dealkylation sites (N-methyl/N-ethyl adjacent to an activating group) is 1. The van der Waals surface area contributed by atoms with Gasteiger partial charge in [-0.1, -0.05) is 19.3 Å². The minimum Gasteiger partial charge on any atom is -0.370 e. The number of carbonyl (C=O) groups is 1. The van der Waals surface area contributed by atoms with Crippen molar-refractivity contribution in [3.8, 4) is 0 Å². The fraction of sp³-hybridized carbons (Fsp3) is 0.842. The average molecular weight is 377 g/mol. The maximum atomic E-state index is 12.5. The number of nitrogens with zero attached hydrogens (tertiary/aromatic N) is 5. The summed E-state index contributed by atoms with van der Waals surface area (Å²) in [6, 6.07) is 0. The van der Waals surface area contributed by atoms with Gasteiger partial charge in [0.05, 0.1) is 18.2 Å². The fourth-order valence-electron chi connectivity index (χ4n) is 4.75. The zero-order valence-corrected chi connectivity index (χ0v) is 16.5. The molecule has 0 aromatic carbocycles. The smallest absolute Gasteiger partial charge is 0.346 e. The molecule has 3 heterocycles. The highest BCUT2D eigenvalue weighted by molar-refractivity contribution is 5.75. The van der Waals surface area contributed by atoms with E-state index in [0.717, 1.165) is 25.3 Å². The van der Waals surface area contributed by atoms with Crippen LogP contribution in [-0.4, -0.2) is 68.9 Å². The molecule has 27 heavy (non-hydrogen) atoms. The topological polar surface area (TPSA) is 72.6 Å². The van der Waals surface area contributed by atoms with Crippen molar-refractivity contribution in [2.24, 2.45) is 0 Å². The van der Waals surface area contributed by atoms with Gasteiger partial charge in [0.15, 0.2) is 0 Å². The molecule has 1 unspecified atom stereocenters. The van der Waals surface area contributed by atoms with Gasteiger partial charge in [0.25, 0.3) is 0 Å². The summed E-state index contributed by atoms with van der Waals surface area (Å²) in [5.74, 6) is 0.629. The largest absolute Gasteiger partial charge is 0.370 e. The van der Waals surface area contributed by atoms with Crippen molar-refractivity contribution >= 4 is 5.91 Å². The van der Waals surface area contributed by atoms with Crippen LogP contribution in [0.3, 0.4) is 0 Å². The highest BCUT2D eigenvalue weighted by atomic mass is 16.5. The van der Waals surface area contributed by atoms with E-state index in [1.165, 1.54) is 48.1 Å². The van der Waals surface area contributed by atoms with Crippen molar-refractivity contribution in [3.05, 3.63) is 16.3 Å². The first-order valence-electron chi connectivity index (χ1n) is 10.2. The second kappa shape index (κ2) is 7.39. The quantitative estimate of drug-likeness (QED) is 0.777. The van der Waals surface area contributed by atoms with E-state index in [9.17, 15) is 9.59 Å². The molecule has 1 aromatic rings. The Morgan fingerprint density at radius 2 is 2.00 bits per heavy atom. The first kappa shape index (κ1) is 18.7. The van der Waals surface area contributed by atoms with Crippen LogP contribution in [0.15, 0.2) is 4.79 Å². The Hall–Kier alpha value is -1.67. The highest BCUT2D eigenvalue weighted by Crippen LogP contribution is 2.42. The molecule has 4 rings (SSSR count). The molecule has 3 aliphatic rings. The number of aromatic nitrogens is 3. The number of fused-ring (bicyclic) bond motifs is 1. The van der Waals surface area contributed by atoms with Crippen molar-refractivity contribution in [2.75, 3.05) is 27.2 Å². The van der Waals surface area contributed by atoms with Gasteiger partial charge in [-0.25, -0.2) is 9.48 Å². The Bertz CT molecular complexity index is 747. The van der Waals surface area contributed by atoms with Crippen LogP contribution < -0.4 is 5.69 Å². The van der Waals surface area contributed by atoms with Gasteiger partial charge in [-0.05, 0) is 25.7 Å². The summed E-state index contributed by atoms with van der Waals surface area (Å²) in [6.07, 6.45) is 8.99. The lowest BCUT2D eigenvalue weighted by Gasteiger charge is -2.34. The molecule has 2 fully saturated rings. The van der Waals surface area contributed by atoms with Gasteiger partial charge in [0.2, 0.25) is 5.91 Å². The third-order valence-electron chi connectivity index (χ3n) is 6.35. The summed E-state index contributed by atoms with van der Waals surface area (Å²) in [4.78, 5) is 28.2. The number of ether oxygens (including phenoxy) is 1. The summed E-state index contributed by atoms with van der Waals surface area (Å²) in [7, 11) is 3.37. The predicted molar refractivity (Wildman–Crippen MR) is 100 cm³/mol. The lowest BCUT2D eigenvalue weighted by molar-refractivity contribution is -0.129. The Kier molecular flexibility index (Phi) is 5.11. The molecule has 2 aliphatic heterocycles. The van der Waals surface area contributed by atoms with E-state index in [2.05, 4.69) is 10.00 Å². The predicted octanol–water partition coefficient (Wildman–Crippen LogP) is 0.831. The molecule has 1 spiro atoms. The van der Waals surface area contributed by atoms with Crippen molar-refractivity contribution in [2.45, 2.75) is 76.3 Å². The van der Waals surface area contributed by atoms with Crippen LogP contribution in [0.1, 0.15) is 50.8 Å². The zero-order chi connectivity index (χ0) is 19.0. The van der Waals surface area contributed by atoms with Crippen molar-refractivity contribution in [1.29, 1.82) is 0 Å². The second-order valence-corrected chi connectivity index (χ2v) is 8.55. The Morgan fingerprint density at radius 3 is 2.74 bits per heavy atom. The molecule has 8 nitrogen and oxygen atoms in total. The summed E-state index contributed by atoms with van der Waals surface area (Å²) in [6.45, 7) is 3.00. The normalized spacial score (nSPS) is 24.9. The van der Waals surface area contributed by atoms with E-state index in [4.69, 9.17) is 4.74 Å². The van der Waals surface area contributed by atoms with Crippen LogP contribution in [0.4, 0.5) is 0 Å². The molecular weight excluding hydrogens is 346 g/mol. The summed E-state index contributed by atoms with van der Waals surface area (Å²) < 4.78 is 9.50. The monoisotopic (exact) mass is 377 g/mol. The van der Waals surface area contributed by atoms with E-state index in [1.807, 2.05) is 0 Å². The molecule has 1 saturated carbocycles. The van der Waals surface area contributed by atoms with Crippen LogP contribution >= 0.6 is 0 Å². The third kappa shape index (κ3) is 3.82. The molecule has 0 N–H and O–H groups in total. The molecule has 1 aromatic heterocycles. The van der Waals surface area contributed by atoms with Crippen LogP contribution in [-0.2, 0) is 29.2 Å². The summed E-state index contributed by atoms with van der Waals surface area (Å²) in [5.41, 5.74) is -0.0346. The number of rotatable bonds is 4.